The normalized spacial score (nSPS) is 16.3. The maximum absolute atomic E-state index is 12.6. The zero-order valence-electron chi connectivity index (χ0n) is 20.3. The van der Waals surface area contributed by atoms with Crippen LogP contribution in [0.15, 0.2) is 54.9 Å². The average Bonchev–Trinajstić information content (AvgIpc) is 3.32. The van der Waals surface area contributed by atoms with Crippen molar-refractivity contribution in [3.63, 3.8) is 0 Å². The van der Waals surface area contributed by atoms with Crippen molar-refractivity contribution in [1.29, 1.82) is 0 Å². The van der Waals surface area contributed by atoms with Crippen LogP contribution >= 0.6 is 0 Å². The molecule has 4 rings (SSSR count). The molecule has 1 unspecified atom stereocenters. The second-order valence-electron chi connectivity index (χ2n) is 10.0. The van der Waals surface area contributed by atoms with Gasteiger partial charge in [-0.05, 0) is 76.9 Å². The Morgan fingerprint density at radius 2 is 1.85 bits per heavy atom. The minimum atomic E-state index is -0.567. The average molecular weight is 466 g/mol. The number of carbonyl (C=O) groups excluding carboxylic acids is 1. The number of piperidine rings is 1. The van der Waals surface area contributed by atoms with E-state index in [4.69, 9.17) is 14.2 Å². The van der Waals surface area contributed by atoms with E-state index in [0.29, 0.717) is 18.2 Å². The molecule has 3 aromatic rings. The Balaban J connectivity index is 1.32. The smallest absolute Gasteiger partial charge is 0.311 e. The third kappa shape index (κ3) is 6.50. The van der Waals surface area contributed by atoms with Crippen molar-refractivity contribution in [3.05, 3.63) is 54.9 Å². The van der Waals surface area contributed by atoms with E-state index < -0.39 is 5.41 Å². The molecule has 1 saturated heterocycles. The Labute approximate surface area is 201 Å². The van der Waals surface area contributed by atoms with E-state index in [1.807, 2.05) is 69.3 Å². The summed E-state index contributed by atoms with van der Waals surface area (Å²) in [5.74, 6) is 1.92. The molecule has 1 aliphatic rings. The monoisotopic (exact) mass is 465 g/mol. The van der Waals surface area contributed by atoms with Crippen LogP contribution in [-0.2, 0) is 9.53 Å². The fourth-order valence-corrected chi connectivity index (χ4v) is 4.04. The van der Waals surface area contributed by atoms with Crippen molar-refractivity contribution in [2.24, 2.45) is 11.3 Å². The van der Waals surface area contributed by atoms with Gasteiger partial charge in [0, 0.05) is 6.54 Å². The number of aromatic nitrogens is 2. The van der Waals surface area contributed by atoms with E-state index in [2.05, 4.69) is 14.9 Å². The van der Waals surface area contributed by atoms with Crippen LogP contribution in [0.3, 0.4) is 0 Å². The van der Waals surface area contributed by atoms with E-state index >= 15 is 0 Å². The number of hydrogen-bond donors (Lipinski definition) is 1. The van der Waals surface area contributed by atoms with Crippen molar-refractivity contribution in [2.75, 3.05) is 32.8 Å². The van der Waals surface area contributed by atoms with Crippen LogP contribution in [0.2, 0.25) is 0 Å². The maximum Gasteiger partial charge on any atom is 0.311 e. The molecule has 1 aromatic heterocycles. The lowest BCUT2D eigenvalue weighted by molar-refractivity contribution is -0.161. The number of rotatable bonds is 9. The van der Waals surface area contributed by atoms with E-state index in [9.17, 15) is 4.79 Å². The van der Waals surface area contributed by atoms with Crippen molar-refractivity contribution in [2.45, 2.75) is 39.7 Å². The summed E-state index contributed by atoms with van der Waals surface area (Å²) in [7, 11) is 0. The summed E-state index contributed by atoms with van der Waals surface area (Å²) in [4.78, 5) is 22.4. The molecular formula is C27H35N3O4. The quantitative estimate of drug-likeness (QED) is 0.462. The second kappa shape index (κ2) is 10.9. The number of carbonyl (C=O) groups is 1. The number of benzene rings is 2. The lowest BCUT2D eigenvalue weighted by Crippen LogP contribution is -2.44. The predicted octanol–water partition coefficient (Wildman–Crippen LogP) is 4.69. The summed E-state index contributed by atoms with van der Waals surface area (Å²) >= 11 is 0. The Morgan fingerprint density at radius 3 is 2.59 bits per heavy atom. The van der Waals surface area contributed by atoms with Gasteiger partial charge in [0.05, 0.1) is 23.9 Å². The van der Waals surface area contributed by atoms with E-state index in [0.717, 1.165) is 49.3 Å². The lowest BCUT2D eigenvalue weighted by Gasteiger charge is -2.34. The topological polar surface area (TPSA) is 76.7 Å². The van der Waals surface area contributed by atoms with Crippen LogP contribution in [-0.4, -0.2) is 59.8 Å². The molecule has 34 heavy (non-hydrogen) atoms. The molecular weight excluding hydrogens is 430 g/mol. The number of H-pyrrole nitrogens is 1. The van der Waals surface area contributed by atoms with Gasteiger partial charge in [0.2, 0.25) is 0 Å². The summed E-state index contributed by atoms with van der Waals surface area (Å²) in [6, 6.07) is 15.7. The van der Waals surface area contributed by atoms with Crippen LogP contribution in [0.25, 0.3) is 11.0 Å². The van der Waals surface area contributed by atoms with Gasteiger partial charge in [0.15, 0.2) is 0 Å². The van der Waals surface area contributed by atoms with Crippen molar-refractivity contribution in [3.8, 4) is 11.5 Å². The molecule has 0 aliphatic carbocycles. The van der Waals surface area contributed by atoms with E-state index in [1.165, 1.54) is 0 Å². The van der Waals surface area contributed by atoms with E-state index in [1.54, 1.807) is 6.33 Å². The largest absolute Gasteiger partial charge is 0.493 e. The molecule has 0 saturated carbocycles. The molecule has 7 heteroatoms. The first-order chi connectivity index (χ1) is 16.4. The zero-order valence-corrected chi connectivity index (χ0v) is 20.3. The van der Waals surface area contributed by atoms with Gasteiger partial charge < -0.3 is 19.2 Å². The summed E-state index contributed by atoms with van der Waals surface area (Å²) in [5, 5.41) is 0. The lowest BCUT2D eigenvalue weighted by atomic mass is 9.97. The Kier molecular flexibility index (Phi) is 7.73. The van der Waals surface area contributed by atoms with Crippen molar-refractivity contribution < 1.29 is 19.0 Å². The Morgan fingerprint density at radius 1 is 1.09 bits per heavy atom. The molecule has 182 valence electrons. The summed E-state index contributed by atoms with van der Waals surface area (Å²) in [6.45, 7) is 9.16. The van der Waals surface area contributed by atoms with Gasteiger partial charge in [-0.15, -0.1) is 0 Å². The fourth-order valence-electron chi connectivity index (χ4n) is 4.04. The molecule has 0 spiro atoms. The molecule has 1 atom stereocenters. The number of likely N-dealkylation sites (tertiary alicyclic amines) is 1. The van der Waals surface area contributed by atoms with Gasteiger partial charge >= 0.3 is 5.97 Å². The summed E-state index contributed by atoms with van der Waals surface area (Å²) in [6.07, 6.45) is 3.40. The number of aromatic amines is 1. The minimum absolute atomic E-state index is 0.217. The number of nitrogens with zero attached hydrogens (tertiary/aromatic N) is 2. The SMILES string of the molecule is CC(C)(C)C(=O)OC(COc1cccc2[nH]cnc12)CN1CCC(COc2ccccc2)CC1. The first-order valence-electron chi connectivity index (χ1n) is 12.0. The van der Waals surface area contributed by atoms with Crippen molar-refractivity contribution >= 4 is 17.0 Å². The molecule has 2 aromatic carbocycles. The highest BCUT2D eigenvalue weighted by molar-refractivity contribution is 5.81. The number of hydrogen-bond acceptors (Lipinski definition) is 6. The Bertz CT molecular complexity index is 1050. The third-order valence-corrected chi connectivity index (χ3v) is 6.12. The number of fused-ring (bicyclic) bond motifs is 1. The molecule has 1 fully saturated rings. The highest BCUT2D eigenvalue weighted by Gasteiger charge is 2.29. The van der Waals surface area contributed by atoms with Gasteiger partial charge in [-0.3, -0.25) is 9.69 Å². The van der Waals surface area contributed by atoms with Crippen LogP contribution in [0.4, 0.5) is 0 Å². The molecule has 2 heterocycles. The molecule has 1 aliphatic heterocycles. The molecule has 0 amide bonds. The third-order valence-electron chi connectivity index (χ3n) is 6.12. The molecule has 0 bridgehead atoms. The number of ether oxygens (including phenoxy) is 3. The number of imidazole rings is 1. The van der Waals surface area contributed by atoms with Gasteiger partial charge in [-0.1, -0.05) is 24.3 Å². The predicted molar refractivity (Wildman–Crippen MR) is 132 cm³/mol. The molecule has 0 radical (unpaired) electrons. The molecule has 1 N–H and O–H groups in total. The summed E-state index contributed by atoms with van der Waals surface area (Å²) in [5.41, 5.74) is 1.13. The fraction of sp³-hybridized carbons (Fsp3) is 0.481. The zero-order chi connectivity index (χ0) is 24.0. The van der Waals surface area contributed by atoms with Gasteiger partial charge in [0.25, 0.3) is 0 Å². The van der Waals surface area contributed by atoms with Crippen LogP contribution < -0.4 is 9.47 Å². The Hall–Kier alpha value is -3.06. The number of esters is 1. The second-order valence-corrected chi connectivity index (χ2v) is 10.0. The molecule has 7 nitrogen and oxygen atoms in total. The van der Waals surface area contributed by atoms with Gasteiger partial charge in [-0.2, -0.15) is 0 Å². The number of para-hydroxylation sites is 2. The maximum atomic E-state index is 12.6. The number of nitrogens with one attached hydrogen (secondary N) is 1. The first-order valence-corrected chi connectivity index (χ1v) is 12.0. The van der Waals surface area contributed by atoms with Crippen LogP contribution in [0, 0.1) is 11.3 Å². The highest BCUT2D eigenvalue weighted by Crippen LogP contribution is 2.24. The summed E-state index contributed by atoms with van der Waals surface area (Å²) < 4.78 is 18.0. The first kappa shape index (κ1) is 24.1. The minimum Gasteiger partial charge on any atom is -0.493 e. The highest BCUT2D eigenvalue weighted by atomic mass is 16.6. The van der Waals surface area contributed by atoms with Gasteiger partial charge in [0.1, 0.15) is 29.7 Å². The standard InChI is InChI=1S/C27H35N3O4/c1-27(2,3)26(31)34-22(18-33-24-11-7-10-23-25(24)29-19-28-23)16-30-14-12-20(13-15-30)17-32-21-8-5-4-6-9-21/h4-11,19-20,22H,12-18H2,1-3H3,(H,28,29). The van der Waals surface area contributed by atoms with E-state index in [-0.39, 0.29) is 18.7 Å². The van der Waals surface area contributed by atoms with Crippen LogP contribution in [0.1, 0.15) is 33.6 Å². The van der Waals surface area contributed by atoms with Crippen LogP contribution in [0.5, 0.6) is 11.5 Å². The van der Waals surface area contributed by atoms with Gasteiger partial charge in [-0.25, -0.2) is 4.98 Å². The van der Waals surface area contributed by atoms with Crippen molar-refractivity contribution in [1.82, 2.24) is 14.9 Å².